The number of amides is 2. The fourth-order valence-electron chi connectivity index (χ4n) is 2.50. The molecule has 3 rings (SSSR count). The molecule has 2 aromatic rings. The van der Waals surface area contributed by atoms with Crippen molar-refractivity contribution in [3.63, 3.8) is 0 Å². The summed E-state index contributed by atoms with van der Waals surface area (Å²) in [5.74, 6) is -1.51. The second-order valence-corrected chi connectivity index (χ2v) is 6.71. The summed E-state index contributed by atoms with van der Waals surface area (Å²) in [6, 6.07) is 6.99. The highest BCUT2D eigenvalue weighted by Crippen LogP contribution is 2.25. The van der Waals surface area contributed by atoms with Gasteiger partial charge in [0, 0.05) is 6.07 Å². The first kappa shape index (κ1) is 20.2. The molecule has 2 amide bonds. The van der Waals surface area contributed by atoms with Crippen molar-refractivity contribution in [1.82, 2.24) is 10.6 Å². The standard InChI is InChI=1S/C18H14Cl2F2N2O4/c19-11-5-9(1-3-13(11)21)15(24-17(25)16-7-23-18(26)28-16)8-27-10-2-4-14(22)12(20)6-10/h1-6,15-16H,7-8H2,(H,23,26)(H,24,25)/t15-,16-/m0/s1. The summed E-state index contributed by atoms with van der Waals surface area (Å²) in [5.41, 5.74) is 0.463. The Labute approximate surface area is 168 Å². The molecule has 0 radical (unpaired) electrons. The molecule has 1 fully saturated rings. The highest BCUT2D eigenvalue weighted by atomic mass is 35.5. The van der Waals surface area contributed by atoms with Gasteiger partial charge in [-0.15, -0.1) is 0 Å². The minimum atomic E-state index is -1.01. The number of alkyl carbamates (subject to hydrolysis) is 1. The molecule has 1 aliphatic heterocycles. The van der Waals surface area contributed by atoms with Crippen LogP contribution in [0.2, 0.25) is 10.0 Å². The number of nitrogens with one attached hydrogen (secondary N) is 2. The van der Waals surface area contributed by atoms with E-state index in [9.17, 15) is 18.4 Å². The van der Waals surface area contributed by atoms with E-state index in [1.165, 1.54) is 24.3 Å². The monoisotopic (exact) mass is 430 g/mol. The fraction of sp³-hybridized carbons (Fsp3) is 0.222. The van der Waals surface area contributed by atoms with Gasteiger partial charge in [0.25, 0.3) is 5.91 Å². The van der Waals surface area contributed by atoms with Crippen LogP contribution in [0.25, 0.3) is 0 Å². The van der Waals surface area contributed by atoms with Gasteiger partial charge in [-0.25, -0.2) is 13.6 Å². The third-order valence-corrected chi connectivity index (χ3v) is 4.52. The average Bonchev–Trinajstić information content (AvgIpc) is 3.10. The van der Waals surface area contributed by atoms with E-state index in [1.807, 2.05) is 0 Å². The maximum Gasteiger partial charge on any atom is 0.408 e. The number of carbonyl (C=O) groups is 2. The number of carbonyl (C=O) groups excluding carboxylic acids is 2. The lowest BCUT2D eigenvalue weighted by Crippen LogP contribution is -2.41. The van der Waals surface area contributed by atoms with E-state index in [1.54, 1.807) is 0 Å². The molecule has 10 heteroatoms. The number of hydrogen-bond acceptors (Lipinski definition) is 4. The van der Waals surface area contributed by atoms with Crippen molar-refractivity contribution in [2.75, 3.05) is 13.2 Å². The van der Waals surface area contributed by atoms with Crippen LogP contribution in [0, 0.1) is 11.6 Å². The zero-order chi connectivity index (χ0) is 20.3. The third-order valence-electron chi connectivity index (χ3n) is 3.94. The fourth-order valence-corrected chi connectivity index (χ4v) is 2.86. The first-order chi connectivity index (χ1) is 13.3. The minimum absolute atomic E-state index is 0.0238. The lowest BCUT2D eigenvalue weighted by molar-refractivity contribution is -0.128. The Kier molecular flexibility index (Phi) is 6.21. The van der Waals surface area contributed by atoms with Crippen LogP contribution < -0.4 is 15.4 Å². The summed E-state index contributed by atoms with van der Waals surface area (Å²) < 4.78 is 37.2. The van der Waals surface area contributed by atoms with Crippen LogP contribution in [-0.4, -0.2) is 31.3 Å². The van der Waals surface area contributed by atoms with Crippen LogP contribution in [0.4, 0.5) is 13.6 Å². The molecule has 6 nitrogen and oxygen atoms in total. The van der Waals surface area contributed by atoms with E-state index in [0.717, 1.165) is 12.1 Å². The summed E-state index contributed by atoms with van der Waals surface area (Å²) >= 11 is 11.6. The molecule has 0 unspecified atom stereocenters. The predicted molar refractivity (Wildman–Crippen MR) is 97.5 cm³/mol. The number of rotatable bonds is 6. The highest BCUT2D eigenvalue weighted by molar-refractivity contribution is 6.31. The van der Waals surface area contributed by atoms with Gasteiger partial charge in [0.15, 0.2) is 6.10 Å². The maximum absolute atomic E-state index is 13.5. The first-order valence-electron chi connectivity index (χ1n) is 8.11. The molecule has 0 spiro atoms. The number of benzene rings is 2. The van der Waals surface area contributed by atoms with Crippen molar-refractivity contribution in [2.24, 2.45) is 0 Å². The van der Waals surface area contributed by atoms with Gasteiger partial charge < -0.3 is 20.1 Å². The molecule has 0 aliphatic carbocycles. The summed E-state index contributed by atoms with van der Waals surface area (Å²) in [6.45, 7) is -0.0697. The van der Waals surface area contributed by atoms with Crippen molar-refractivity contribution in [1.29, 1.82) is 0 Å². The Morgan fingerprint density at radius 1 is 1.21 bits per heavy atom. The van der Waals surface area contributed by atoms with Gasteiger partial charge in [0.1, 0.15) is 24.0 Å². The zero-order valence-corrected chi connectivity index (χ0v) is 15.7. The topological polar surface area (TPSA) is 76.7 Å². The largest absolute Gasteiger partial charge is 0.491 e. The molecule has 148 valence electrons. The van der Waals surface area contributed by atoms with Crippen LogP contribution in [0.15, 0.2) is 36.4 Å². The Morgan fingerprint density at radius 3 is 2.50 bits per heavy atom. The molecule has 1 aliphatic rings. The lowest BCUT2D eigenvalue weighted by Gasteiger charge is -2.21. The molecule has 28 heavy (non-hydrogen) atoms. The zero-order valence-electron chi connectivity index (χ0n) is 14.2. The van der Waals surface area contributed by atoms with Crippen molar-refractivity contribution >= 4 is 35.2 Å². The maximum atomic E-state index is 13.5. The highest BCUT2D eigenvalue weighted by Gasteiger charge is 2.31. The van der Waals surface area contributed by atoms with Crippen molar-refractivity contribution < 1.29 is 27.8 Å². The molecular weight excluding hydrogens is 417 g/mol. The molecule has 0 aromatic heterocycles. The molecular formula is C18H14Cl2F2N2O4. The van der Waals surface area contributed by atoms with Crippen molar-refractivity contribution in [2.45, 2.75) is 12.1 Å². The molecule has 0 bridgehead atoms. The SMILES string of the molecule is O=C1NC[C@@H](C(=O)N[C@@H](COc2ccc(F)c(Cl)c2)c2ccc(F)c(Cl)c2)O1. The second-order valence-electron chi connectivity index (χ2n) is 5.90. The first-order valence-corrected chi connectivity index (χ1v) is 8.86. The molecule has 2 aromatic carbocycles. The Hall–Kier alpha value is -2.58. The molecule has 2 atom stereocenters. The van der Waals surface area contributed by atoms with Crippen LogP contribution in [0.3, 0.4) is 0 Å². The van der Waals surface area contributed by atoms with Crippen molar-refractivity contribution in [3.05, 3.63) is 63.6 Å². The van der Waals surface area contributed by atoms with E-state index in [-0.39, 0.29) is 28.9 Å². The van der Waals surface area contributed by atoms with E-state index >= 15 is 0 Å². The van der Waals surface area contributed by atoms with Gasteiger partial charge in [-0.2, -0.15) is 0 Å². The number of hydrogen-bond donors (Lipinski definition) is 2. The van der Waals surface area contributed by atoms with Gasteiger partial charge in [0.2, 0.25) is 0 Å². The quantitative estimate of drug-likeness (QED) is 0.733. The van der Waals surface area contributed by atoms with Crippen LogP contribution in [0.1, 0.15) is 11.6 Å². The predicted octanol–water partition coefficient (Wildman–Crippen LogP) is 3.62. The molecule has 1 heterocycles. The van der Waals surface area contributed by atoms with Crippen LogP contribution >= 0.6 is 23.2 Å². The van der Waals surface area contributed by atoms with Crippen LogP contribution in [0.5, 0.6) is 5.75 Å². The Morgan fingerprint density at radius 2 is 1.89 bits per heavy atom. The third kappa shape index (κ3) is 4.82. The van der Waals surface area contributed by atoms with Gasteiger partial charge in [-0.3, -0.25) is 4.79 Å². The number of cyclic esters (lactones) is 1. The van der Waals surface area contributed by atoms with Gasteiger partial charge in [-0.05, 0) is 29.8 Å². The van der Waals surface area contributed by atoms with E-state index < -0.39 is 35.8 Å². The lowest BCUT2D eigenvalue weighted by atomic mass is 10.1. The van der Waals surface area contributed by atoms with Gasteiger partial charge in [0.05, 0.1) is 22.6 Å². The Bertz CT molecular complexity index is 913. The molecule has 0 saturated carbocycles. The summed E-state index contributed by atoms with van der Waals surface area (Å²) in [5, 5.41) is 4.80. The van der Waals surface area contributed by atoms with Crippen LogP contribution in [-0.2, 0) is 9.53 Å². The Balaban J connectivity index is 1.76. The summed E-state index contributed by atoms with van der Waals surface area (Å²) in [7, 11) is 0. The van der Waals surface area contributed by atoms with Crippen molar-refractivity contribution in [3.8, 4) is 5.75 Å². The molecule has 2 N–H and O–H groups in total. The number of halogens is 4. The smallest absolute Gasteiger partial charge is 0.408 e. The second kappa shape index (κ2) is 8.62. The van der Waals surface area contributed by atoms with Gasteiger partial charge >= 0.3 is 6.09 Å². The van der Waals surface area contributed by atoms with E-state index in [2.05, 4.69) is 10.6 Å². The normalized spacial score (nSPS) is 16.9. The summed E-state index contributed by atoms with van der Waals surface area (Å²) in [4.78, 5) is 23.5. The number of ether oxygens (including phenoxy) is 2. The molecule has 1 saturated heterocycles. The summed E-state index contributed by atoms with van der Waals surface area (Å²) in [6.07, 6.45) is -1.70. The van der Waals surface area contributed by atoms with Gasteiger partial charge in [-0.1, -0.05) is 29.3 Å². The van der Waals surface area contributed by atoms with E-state index in [0.29, 0.717) is 5.56 Å². The van der Waals surface area contributed by atoms with E-state index in [4.69, 9.17) is 32.7 Å². The minimum Gasteiger partial charge on any atom is -0.491 e. The average molecular weight is 431 g/mol.